The van der Waals surface area contributed by atoms with E-state index in [0.717, 1.165) is 117 Å². The van der Waals surface area contributed by atoms with Crippen LogP contribution < -0.4 is 40.1 Å². The fourth-order valence-corrected chi connectivity index (χ4v) is 12.5. The van der Waals surface area contributed by atoms with Crippen LogP contribution in [0.4, 0.5) is 17.1 Å². The molecule has 0 unspecified atom stereocenters. The molecular weight excluding hydrogens is 970 g/mol. The van der Waals surface area contributed by atoms with Crippen LogP contribution in [0, 0.1) is 6.33 Å². The molecule has 0 bridgehead atoms. The van der Waals surface area contributed by atoms with E-state index in [9.17, 15) is 0 Å². The number of imidazole rings is 1. The summed E-state index contributed by atoms with van der Waals surface area (Å²) in [5, 5.41) is 2.23. The average Bonchev–Trinajstić information content (AvgIpc) is 4.13. The summed E-state index contributed by atoms with van der Waals surface area (Å²) in [5.74, 6) is 4.87. The van der Waals surface area contributed by atoms with Crippen molar-refractivity contribution in [1.82, 2.24) is 14.1 Å². The van der Waals surface area contributed by atoms with Crippen molar-refractivity contribution in [3.05, 3.63) is 249 Å². The molecule has 8 nitrogen and oxygen atoms in total. The molecule has 9 heteroatoms. The van der Waals surface area contributed by atoms with Gasteiger partial charge in [0.1, 0.15) is 34.5 Å². The van der Waals surface area contributed by atoms with E-state index in [2.05, 4.69) is 276 Å². The van der Waals surface area contributed by atoms with Gasteiger partial charge in [-0.1, -0.05) is 172 Å². The molecule has 6 heterocycles. The van der Waals surface area contributed by atoms with Gasteiger partial charge in [0.2, 0.25) is 0 Å². The van der Waals surface area contributed by atoms with Crippen LogP contribution in [0.2, 0.25) is 0 Å². The van der Waals surface area contributed by atoms with Gasteiger partial charge in [-0.15, -0.1) is 0 Å². The van der Waals surface area contributed by atoms with Gasteiger partial charge in [-0.05, 0) is 111 Å². The van der Waals surface area contributed by atoms with Crippen LogP contribution in [-0.4, -0.2) is 20.8 Å². The van der Waals surface area contributed by atoms with Crippen molar-refractivity contribution < 1.29 is 18.8 Å². The first-order valence-corrected chi connectivity index (χ1v) is 26.9. The average molecular weight is 1020 g/mol. The van der Waals surface area contributed by atoms with Crippen molar-refractivity contribution in [2.75, 3.05) is 4.90 Å². The Balaban J connectivity index is 0.959. The van der Waals surface area contributed by atoms with Gasteiger partial charge in [-0.2, -0.15) is 0 Å². The molecule has 0 N–H and O–H groups in total. The summed E-state index contributed by atoms with van der Waals surface area (Å²) < 4.78 is 28.8. The van der Waals surface area contributed by atoms with Crippen LogP contribution in [0.25, 0.3) is 72.3 Å². The lowest BCUT2D eigenvalue weighted by atomic mass is 9.33. The van der Waals surface area contributed by atoms with Gasteiger partial charge in [0.05, 0.1) is 27.8 Å². The lowest BCUT2D eigenvalue weighted by Crippen LogP contribution is -2.61. The molecule has 10 aromatic carbocycles. The van der Waals surface area contributed by atoms with E-state index in [4.69, 9.17) is 19.2 Å². The predicted molar refractivity (Wildman–Crippen MR) is 318 cm³/mol. The van der Waals surface area contributed by atoms with Crippen LogP contribution in [0.15, 0.2) is 237 Å². The standard InChI is InChI=1S/C70H48BN5O3/c1-70(2,3)46-38-39-72-63(40-46)76-53-29-14-13-26-51(53)52-37-36-48(41-58(52)76)77-62-42-59(68-66-69(62)79-61-35-19-33-57-65(61)71(66)64-56(32-18-34-60(64)78-68)75(57)47-24-11-6-12-25-47)73-43-74(55-31-16-15-30-54(55)73)67-49(44-20-7-4-8-21-44)27-17-28-50(67)45-22-9-5-10-23-45/h4-42H,1-3H3. The van der Waals surface area contributed by atoms with Gasteiger partial charge in [0.15, 0.2) is 11.5 Å². The topological polar surface area (TPSA) is 57.6 Å². The van der Waals surface area contributed by atoms with E-state index >= 15 is 0 Å². The van der Waals surface area contributed by atoms with Crippen molar-refractivity contribution in [3.63, 3.8) is 0 Å². The molecule has 13 aromatic rings. The van der Waals surface area contributed by atoms with Crippen molar-refractivity contribution in [3.8, 4) is 73.9 Å². The molecule has 0 spiro atoms. The number of anilines is 3. The summed E-state index contributed by atoms with van der Waals surface area (Å²) >= 11 is 0. The Morgan fingerprint density at radius 2 is 1.13 bits per heavy atom. The van der Waals surface area contributed by atoms with Gasteiger partial charge >= 0.3 is 0 Å². The first-order valence-electron chi connectivity index (χ1n) is 26.9. The van der Waals surface area contributed by atoms with Crippen molar-refractivity contribution >= 4 is 73.0 Å². The maximum absolute atomic E-state index is 7.44. The Hall–Kier alpha value is -10.1. The second-order valence-corrected chi connectivity index (χ2v) is 21.6. The summed E-state index contributed by atoms with van der Waals surface area (Å²) in [7, 11) is 0. The number of aromatic nitrogens is 4. The molecule has 0 amide bonds. The molecule has 16 rings (SSSR count). The first kappa shape index (κ1) is 45.1. The van der Waals surface area contributed by atoms with Crippen molar-refractivity contribution in [2.45, 2.75) is 26.2 Å². The maximum Gasteiger partial charge on any atom is 0.270 e. The number of rotatable bonds is 8. The quantitative estimate of drug-likeness (QED) is 0.0862. The monoisotopic (exact) mass is 1020 g/mol. The number of fused-ring (bicyclic) bond motifs is 4. The highest BCUT2D eigenvalue weighted by Gasteiger charge is 2.49. The van der Waals surface area contributed by atoms with E-state index in [1.54, 1.807) is 0 Å². The van der Waals surface area contributed by atoms with Gasteiger partial charge < -0.3 is 19.1 Å². The molecule has 0 saturated carbocycles. The van der Waals surface area contributed by atoms with Gasteiger partial charge in [-0.3, -0.25) is 13.7 Å². The number of ether oxygens (including phenoxy) is 3. The summed E-state index contributed by atoms with van der Waals surface area (Å²) in [5.41, 5.74) is 17.4. The largest absolute Gasteiger partial charge is 0.462 e. The summed E-state index contributed by atoms with van der Waals surface area (Å²) in [6, 6.07) is 81.0. The summed E-state index contributed by atoms with van der Waals surface area (Å²) in [6.45, 7) is 6.44. The lowest BCUT2D eigenvalue weighted by Gasteiger charge is -2.43. The third-order valence-corrected chi connectivity index (χ3v) is 16.0. The SMILES string of the molecule is CC(C)(C)c1ccnc(-n2c3ccccc3c3ccc(Oc4cc(-n5[c-][n+](-c6c(-c7ccccc7)cccc6-c6ccccc6)c6ccccc65)c5c6c4Oc4cccc7c4B6c4c(cccc4N7c4ccccc4)O5)cc32)c1. The number of benzene rings is 10. The molecule has 0 atom stereocenters. The van der Waals surface area contributed by atoms with E-state index in [0.29, 0.717) is 23.0 Å². The number of nitrogens with zero attached hydrogens (tertiary/aromatic N) is 5. The second-order valence-electron chi connectivity index (χ2n) is 21.6. The molecule has 3 aromatic heterocycles. The van der Waals surface area contributed by atoms with Crippen LogP contribution in [-0.2, 0) is 5.41 Å². The molecule has 79 heavy (non-hydrogen) atoms. The van der Waals surface area contributed by atoms with Gasteiger partial charge in [0.25, 0.3) is 13.0 Å². The second kappa shape index (κ2) is 17.2. The molecule has 3 aliphatic heterocycles. The number of hydrogen-bond donors (Lipinski definition) is 0. The minimum absolute atomic E-state index is 0.0734. The molecule has 0 saturated heterocycles. The third-order valence-electron chi connectivity index (χ3n) is 16.0. The molecule has 374 valence electrons. The van der Waals surface area contributed by atoms with E-state index in [-0.39, 0.29) is 12.1 Å². The fourth-order valence-electron chi connectivity index (χ4n) is 12.5. The zero-order valence-corrected chi connectivity index (χ0v) is 43.6. The zero-order chi connectivity index (χ0) is 52.5. The van der Waals surface area contributed by atoms with Crippen LogP contribution in [0.1, 0.15) is 26.3 Å². The molecule has 0 aliphatic carbocycles. The Bertz CT molecular complexity index is 4560. The highest BCUT2D eigenvalue weighted by atomic mass is 16.5. The van der Waals surface area contributed by atoms with Crippen LogP contribution in [0.5, 0.6) is 34.5 Å². The highest BCUT2D eigenvalue weighted by Crippen LogP contribution is 2.51. The van der Waals surface area contributed by atoms with Gasteiger partial charge in [-0.25, -0.2) is 4.98 Å². The molecule has 3 aliphatic rings. The molecular formula is C70H48BN5O3. The summed E-state index contributed by atoms with van der Waals surface area (Å²) in [4.78, 5) is 7.33. The Kier molecular flexibility index (Phi) is 9.82. The number of para-hydroxylation sites is 5. The predicted octanol–water partition coefficient (Wildman–Crippen LogP) is 15.1. The zero-order valence-electron chi connectivity index (χ0n) is 43.6. The lowest BCUT2D eigenvalue weighted by molar-refractivity contribution is -0.571. The number of hydrogen-bond acceptors (Lipinski definition) is 5. The van der Waals surface area contributed by atoms with Crippen molar-refractivity contribution in [1.29, 1.82) is 0 Å². The Labute approximate surface area is 457 Å². The van der Waals surface area contributed by atoms with Crippen LogP contribution >= 0.6 is 0 Å². The van der Waals surface area contributed by atoms with Gasteiger partial charge in [0, 0.05) is 51.6 Å². The minimum Gasteiger partial charge on any atom is -0.462 e. The minimum atomic E-state index is -0.268. The smallest absolute Gasteiger partial charge is 0.270 e. The van der Waals surface area contributed by atoms with E-state index in [1.165, 1.54) is 5.56 Å². The Morgan fingerprint density at radius 1 is 0.519 bits per heavy atom. The normalized spacial score (nSPS) is 12.9. The summed E-state index contributed by atoms with van der Waals surface area (Å²) in [6.07, 6.45) is 5.88. The maximum atomic E-state index is 7.44. The molecule has 0 radical (unpaired) electrons. The number of pyridine rings is 1. The highest BCUT2D eigenvalue weighted by molar-refractivity contribution is 7.00. The van der Waals surface area contributed by atoms with Crippen molar-refractivity contribution in [2.24, 2.45) is 0 Å². The Morgan fingerprint density at radius 3 is 1.82 bits per heavy atom. The van der Waals surface area contributed by atoms with E-state index in [1.807, 2.05) is 6.20 Å². The third kappa shape index (κ3) is 6.88. The van der Waals surface area contributed by atoms with Crippen LogP contribution in [0.3, 0.4) is 0 Å². The van der Waals surface area contributed by atoms with E-state index < -0.39 is 0 Å². The fraction of sp³-hybridized carbons (Fsp3) is 0.0571. The molecule has 0 fully saturated rings. The first-order chi connectivity index (χ1) is 38.8.